The van der Waals surface area contributed by atoms with Crippen LogP contribution in [0.25, 0.3) is 16.8 Å². The Kier molecular flexibility index (Phi) is 4.60. The van der Waals surface area contributed by atoms with Gasteiger partial charge in [0.1, 0.15) is 5.82 Å². The minimum Gasteiger partial charge on any atom is -0.395 e. The maximum atomic E-state index is 9.05. The van der Waals surface area contributed by atoms with E-state index in [1.165, 1.54) is 0 Å². The van der Waals surface area contributed by atoms with E-state index in [1.54, 1.807) is 4.52 Å². The van der Waals surface area contributed by atoms with Crippen LogP contribution in [0.5, 0.6) is 0 Å². The summed E-state index contributed by atoms with van der Waals surface area (Å²) >= 11 is 0. The lowest BCUT2D eigenvalue weighted by Gasteiger charge is -2.29. The van der Waals surface area contributed by atoms with Crippen molar-refractivity contribution in [3.05, 3.63) is 30.4 Å². The van der Waals surface area contributed by atoms with Gasteiger partial charge in [0.25, 0.3) is 0 Å². The first-order valence-corrected chi connectivity index (χ1v) is 9.18. The van der Waals surface area contributed by atoms with E-state index in [4.69, 9.17) is 15.8 Å². The molecule has 0 saturated heterocycles. The van der Waals surface area contributed by atoms with E-state index >= 15 is 0 Å². The molecule has 8 nitrogen and oxygen atoms in total. The lowest BCUT2D eigenvalue weighted by atomic mass is 9.83. The Bertz CT molecular complexity index is 900. The molecule has 5 N–H and O–H groups in total. The zero-order valence-corrected chi connectivity index (χ0v) is 15.0. The van der Waals surface area contributed by atoms with Gasteiger partial charge in [0.05, 0.1) is 30.1 Å². The third kappa shape index (κ3) is 3.17. The normalized spacial score (nSPS) is 20.7. The van der Waals surface area contributed by atoms with E-state index in [-0.39, 0.29) is 6.61 Å². The van der Waals surface area contributed by atoms with Crippen LogP contribution in [0.3, 0.4) is 0 Å². The first-order chi connectivity index (χ1) is 12.7. The second-order valence-corrected chi connectivity index (χ2v) is 7.11. The fraction of sp³-hybridized carbons (Fsp3) is 0.500. The number of aliphatic hydroxyl groups excluding tert-OH is 1. The largest absolute Gasteiger partial charge is 0.395 e. The fourth-order valence-electron chi connectivity index (χ4n) is 3.93. The number of nitrogens with zero attached hydrogens (tertiary/aromatic N) is 4. The number of rotatable bonds is 5. The van der Waals surface area contributed by atoms with Crippen LogP contribution in [0, 0.1) is 0 Å². The molecule has 1 fully saturated rings. The van der Waals surface area contributed by atoms with Gasteiger partial charge in [0.2, 0.25) is 6.20 Å². The Morgan fingerprint density at radius 3 is 3.12 bits per heavy atom. The van der Waals surface area contributed by atoms with Crippen molar-refractivity contribution in [1.82, 2.24) is 25.0 Å². The fourth-order valence-corrected chi connectivity index (χ4v) is 3.93. The van der Waals surface area contributed by atoms with Gasteiger partial charge in [-0.05, 0) is 19.3 Å². The number of H-pyrrole nitrogens is 1. The van der Waals surface area contributed by atoms with Crippen molar-refractivity contribution in [2.45, 2.75) is 37.6 Å². The summed E-state index contributed by atoms with van der Waals surface area (Å²) < 4.78 is 3.60. The minimum absolute atomic E-state index is 0.172. The molecule has 0 aromatic carbocycles. The smallest absolute Gasteiger partial charge is 0.203 e. The maximum Gasteiger partial charge on any atom is 0.203 e. The zero-order chi connectivity index (χ0) is 18.1. The Morgan fingerprint density at radius 2 is 2.35 bits per heavy atom. The number of nitrogen functional groups attached to an aromatic ring is 1. The van der Waals surface area contributed by atoms with Gasteiger partial charge in [-0.1, -0.05) is 6.42 Å². The van der Waals surface area contributed by atoms with Crippen molar-refractivity contribution in [1.29, 1.82) is 0 Å². The molecule has 0 unspecified atom stereocenters. The highest BCUT2D eigenvalue weighted by Gasteiger charge is 2.25. The van der Waals surface area contributed by atoms with Gasteiger partial charge in [-0.15, -0.1) is 4.68 Å². The van der Waals surface area contributed by atoms with E-state index < -0.39 is 0 Å². The van der Waals surface area contributed by atoms with Crippen LogP contribution in [0.2, 0.25) is 0 Å². The molecule has 1 aliphatic carbocycles. The lowest BCUT2D eigenvalue weighted by molar-refractivity contribution is -0.726. The number of aliphatic hydroxyl groups is 1. The number of fused-ring (bicyclic) bond motifs is 1. The van der Waals surface area contributed by atoms with Crippen molar-refractivity contribution < 1.29 is 9.79 Å². The van der Waals surface area contributed by atoms with E-state index in [0.29, 0.717) is 24.3 Å². The molecule has 0 bridgehead atoms. The molecular weight excluding hydrogens is 330 g/mol. The summed E-state index contributed by atoms with van der Waals surface area (Å²) in [4.78, 5) is 4.94. The van der Waals surface area contributed by atoms with Crippen molar-refractivity contribution in [3.63, 3.8) is 0 Å². The van der Waals surface area contributed by atoms with Crippen LogP contribution >= 0.6 is 0 Å². The number of hydrogen-bond donors (Lipinski definition) is 4. The SMILES string of the molecule is C[n+]1cc(-c2cnn3c(N)cc([C@H]4CCC[C@@H](NCCO)C4)nc23)c[nH]1. The van der Waals surface area contributed by atoms with Gasteiger partial charge in [-0.3, -0.25) is 0 Å². The summed E-state index contributed by atoms with van der Waals surface area (Å²) in [5.74, 6) is 0.985. The van der Waals surface area contributed by atoms with Crippen LogP contribution in [0.4, 0.5) is 5.82 Å². The average molecular weight is 356 g/mol. The summed E-state index contributed by atoms with van der Waals surface area (Å²) in [6.45, 7) is 0.814. The summed E-state index contributed by atoms with van der Waals surface area (Å²) in [5, 5.41) is 20.0. The molecule has 8 heteroatoms. The quantitative estimate of drug-likeness (QED) is 0.504. The molecule has 3 aromatic heterocycles. The average Bonchev–Trinajstić information content (AvgIpc) is 3.26. The molecule has 4 rings (SSSR count). The molecule has 3 heterocycles. The molecule has 26 heavy (non-hydrogen) atoms. The van der Waals surface area contributed by atoms with Crippen molar-refractivity contribution in [3.8, 4) is 11.1 Å². The van der Waals surface area contributed by atoms with Crippen LogP contribution in [0.1, 0.15) is 37.3 Å². The van der Waals surface area contributed by atoms with E-state index in [0.717, 1.165) is 48.2 Å². The predicted molar refractivity (Wildman–Crippen MR) is 98.4 cm³/mol. The molecule has 0 radical (unpaired) electrons. The highest BCUT2D eigenvalue weighted by Crippen LogP contribution is 2.34. The minimum atomic E-state index is 0.172. The molecule has 138 valence electrons. The number of aromatic amines is 1. The number of aryl methyl sites for hydroxylation is 1. The molecule has 1 aliphatic rings. The second-order valence-electron chi connectivity index (χ2n) is 7.11. The molecule has 0 amide bonds. The molecule has 0 aliphatic heterocycles. The van der Waals surface area contributed by atoms with E-state index in [9.17, 15) is 0 Å². The number of anilines is 1. The van der Waals surface area contributed by atoms with Gasteiger partial charge in [-0.25, -0.2) is 4.98 Å². The molecular formula is C18H26N7O+. The first-order valence-electron chi connectivity index (χ1n) is 9.18. The van der Waals surface area contributed by atoms with Gasteiger partial charge in [-0.2, -0.15) is 14.7 Å². The lowest BCUT2D eigenvalue weighted by Crippen LogP contribution is -2.35. The molecule has 3 aromatic rings. The van der Waals surface area contributed by atoms with Crippen molar-refractivity contribution in [2.24, 2.45) is 7.05 Å². The van der Waals surface area contributed by atoms with E-state index in [1.807, 2.05) is 36.4 Å². The monoisotopic (exact) mass is 356 g/mol. The Balaban J connectivity index is 1.67. The third-order valence-corrected chi connectivity index (χ3v) is 5.22. The highest BCUT2D eigenvalue weighted by atomic mass is 16.3. The third-order valence-electron chi connectivity index (χ3n) is 5.22. The van der Waals surface area contributed by atoms with Gasteiger partial charge in [0.15, 0.2) is 12.7 Å². The first kappa shape index (κ1) is 17.0. The van der Waals surface area contributed by atoms with Gasteiger partial charge >= 0.3 is 0 Å². The summed E-state index contributed by atoms with van der Waals surface area (Å²) in [6, 6.07) is 2.38. The number of nitrogens with two attached hydrogens (primary N) is 1. The molecule has 2 atom stereocenters. The number of nitrogens with one attached hydrogen (secondary N) is 2. The van der Waals surface area contributed by atoms with Crippen LogP contribution in [0.15, 0.2) is 24.7 Å². The Morgan fingerprint density at radius 1 is 1.46 bits per heavy atom. The Labute approximate surface area is 152 Å². The Hall–Kier alpha value is -2.45. The second kappa shape index (κ2) is 7.05. The number of hydrogen-bond acceptors (Lipinski definition) is 5. The topological polar surface area (TPSA) is 108 Å². The standard InChI is InChI=1S/C18H25N7O/c1-24-11-13(9-21-24)15-10-22-25-17(19)8-16(23-18(15)25)12-3-2-4-14(7-12)20-5-6-26/h8-12,14,20,26H,2-7H2,1H3,(H2,19,22,23)/p+1/t12-,14+/m0/s1. The predicted octanol–water partition coefficient (Wildman–Crippen LogP) is 0.739. The summed E-state index contributed by atoms with van der Waals surface area (Å²) in [6.07, 6.45) is 10.2. The number of aromatic nitrogens is 5. The molecule has 1 saturated carbocycles. The van der Waals surface area contributed by atoms with Gasteiger partial charge < -0.3 is 16.2 Å². The van der Waals surface area contributed by atoms with Gasteiger partial charge in [0, 0.05) is 30.3 Å². The maximum absolute atomic E-state index is 9.05. The van der Waals surface area contributed by atoms with Crippen molar-refractivity contribution >= 4 is 11.5 Å². The van der Waals surface area contributed by atoms with Crippen LogP contribution in [-0.2, 0) is 7.05 Å². The zero-order valence-electron chi connectivity index (χ0n) is 15.0. The van der Waals surface area contributed by atoms with Crippen molar-refractivity contribution in [2.75, 3.05) is 18.9 Å². The molecule has 0 spiro atoms. The summed E-state index contributed by atoms with van der Waals surface area (Å²) in [5.41, 5.74) is 10.1. The summed E-state index contributed by atoms with van der Waals surface area (Å²) in [7, 11) is 1.95. The van der Waals surface area contributed by atoms with Crippen LogP contribution in [-0.4, -0.2) is 44.0 Å². The highest BCUT2D eigenvalue weighted by molar-refractivity contribution is 5.76. The van der Waals surface area contributed by atoms with E-state index in [2.05, 4.69) is 15.5 Å². The van der Waals surface area contributed by atoms with Crippen LogP contribution < -0.4 is 15.7 Å².